The van der Waals surface area contributed by atoms with Crippen LogP contribution in [0.4, 0.5) is 0 Å². The molecule has 0 saturated carbocycles. The molecule has 0 aliphatic rings. The molecule has 10 heteroatoms. The van der Waals surface area contributed by atoms with E-state index in [9.17, 15) is 4.79 Å². The molecule has 1 atom stereocenters. The van der Waals surface area contributed by atoms with Crippen LogP contribution in [-0.4, -0.2) is 50.0 Å². The fourth-order valence-corrected chi connectivity index (χ4v) is 3.26. The number of carbonyl (C=O) groups excluding carboxylic acids is 1. The molecule has 27 heavy (non-hydrogen) atoms. The molecule has 0 aliphatic carbocycles. The first-order valence-electron chi connectivity index (χ1n) is 8.02. The number of carbonyl (C=O) groups is 1. The highest BCUT2D eigenvalue weighted by Gasteiger charge is 2.14. The topological polar surface area (TPSA) is 93.7 Å². The van der Waals surface area contributed by atoms with Gasteiger partial charge in [-0.05, 0) is 37.3 Å². The van der Waals surface area contributed by atoms with Crippen LogP contribution < -0.4 is 25.6 Å². The quantitative estimate of drug-likeness (QED) is 0.471. The van der Waals surface area contributed by atoms with E-state index in [2.05, 4.69) is 21.2 Å². The number of ether oxygens (including phenoxy) is 3. The van der Waals surface area contributed by atoms with E-state index in [1.165, 1.54) is 11.3 Å². The normalized spacial score (nSPS) is 11.4. The minimum Gasteiger partial charge on any atom is -0.493 e. The van der Waals surface area contributed by atoms with Gasteiger partial charge in [-0.15, -0.1) is 11.3 Å². The Morgan fingerprint density at radius 3 is 2.63 bits per heavy atom. The Bertz CT molecular complexity index is 797. The number of hydrogen-bond donors (Lipinski definition) is 3. The van der Waals surface area contributed by atoms with E-state index in [1.54, 1.807) is 32.8 Å². The molecule has 8 nitrogen and oxygen atoms in total. The summed E-state index contributed by atoms with van der Waals surface area (Å²) in [6.45, 7) is 2.41. The fourth-order valence-electron chi connectivity index (χ4n) is 2.21. The first-order valence-corrected chi connectivity index (χ1v) is 9.31. The summed E-state index contributed by atoms with van der Waals surface area (Å²) in [5.41, 5.74) is 6.28. The van der Waals surface area contributed by atoms with Crippen molar-refractivity contribution in [3.8, 4) is 22.1 Å². The monoisotopic (exact) mass is 410 g/mol. The van der Waals surface area contributed by atoms with Gasteiger partial charge in [-0.2, -0.15) is 0 Å². The number of methoxy groups -OCH3 is 3. The van der Waals surface area contributed by atoms with Gasteiger partial charge in [-0.3, -0.25) is 15.6 Å². The average molecular weight is 411 g/mol. The van der Waals surface area contributed by atoms with Crippen molar-refractivity contribution in [3.05, 3.63) is 29.3 Å². The number of benzene rings is 1. The standard InChI is InChI=1S/C17H22N4O4S2/c1-10(8-23-2)18-17(26)21-20-15(22)12-9-27-16(19-12)11-5-6-13(24-3)14(7-11)25-4/h5-7,9-10H,8H2,1-4H3,(H,20,22)(H2,18,21,26)/t10-/m1/s1. The molecule has 1 amide bonds. The maximum atomic E-state index is 12.2. The van der Waals surface area contributed by atoms with Gasteiger partial charge in [-0.25, -0.2) is 4.98 Å². The second kappa shape index (κ2) is 10.0. The molecular formula is C17H22N4O4S2. The molecule has 3 N–H and O–H groups in total. The molecule has 0 spiro atoms. The summed E-state index contributed by atoms with van der Waals surface area (Å²) in [5, 5.41) is 5.64. The highest BCUT2D eigenvalue weighted by molar-refractivity contribution is 7.80. The van der Waals surface area contributed by atoms with Crippen molar-refractivity contribution in [2.45, 2.75) is 13.0 Å². The first kappa shape index (κ1) is 20.9. The number of thiazole rings is 1. The lowest BCUT2D eigenvalue weighted by molar-refractivity contribution is 0.0939. The van der Waals surface area contributed by atoms with Gasteiger partial charge in [0.05, 0.1) is 20.8 Å². The largest absolute Gasteiger partial charge is 0.493 e. The molecule has 1 aromatic carbocycles. The van der Waals surface area contributed by atoms with Crippen molar-refractivity contribution in [3.63, 3.8) is 0 Å². The maximum Gasteiger partial charge on any atom is 0.289 e. The molecular weight excluding hydrogens is 388 g/mol. The van der Waals surface area contributed by atoms with E-state index < -0.39 is 0 Å². The van der Waals surface area contributed by atoms with Gasteiger partial charge in [0, 0.05) is 24.1 Å². The Hall–Kier alpha value is -2.43. The van der Waals surface area contributed by atoms with Crippen molar-refractivity contribution < 1.29 is 19.0 Å². The lowest BCUT2D eigenvalue weighted by Gasteiger charge is -2.16. The zero-order valence-electron chi connectivity index (χ0n) is 15.5. The second-order valence-electron chi connectivity index (χ2n) is 5.52. The average Bonchev–Trinajstić information content (AvgIpc) is 3.16. The number of nitrogens with one attached hydrogen (secondary N) is 3. The minimum absolute atomic E-state index is 0.0165. The molecule has 1 heterocycles. The second-order valence-corrected chi connectivity index (χ2v) is 6.78. The van der Waals surface area contributed by atoms with Gasteiger partial charge in [0.25, 0.3) is 5.91 Å². The van der Waals surface area contributed by atoms with Gasteiger partial charge in [0.15, 0.2) is 16.6 Å². The molecule has 0 radical (unpaired) electrons. The van der Waals surface area contributed by atoms with Gasteiger partial charge >= 0.3 is 0 Å². The molecule has 2 aromatic rings. The van der Waals surface area contributed by atoms with Crippen molar-refractivity contribution in [2.24, 2.45) is 0 Å². The number of amides is 1. The molecule has 0 bridgehead atoms. The first-order chi connectivity index (χ1) is 13.0. The Balaban J connectivity index is 1.98. The van der Waals surface area contributed by atoms with E-state index >= 15 is 0 Å². The lowest BCUT2D eigenvalue weighted by Crippen LogP contribution is -2.50. The van der Waals surface area contributed by atoms with Crippen LogP contribution in [0.3, 0.4) is 0 Å². The van der Waals surface area contributed by atoms with Crippen LogP contribution in [-0.2, 0) is 4.74 Å². The summed E-state index contributed by atoms with van der Waals surface area (Å²) in [5.74, 6) is 0.838. The third-order valence-electron chi connectivity index (χ3n) is 3.45. The molecule has 0 fully saturated rings. The summed E-state index contributed by atoms with van der Waals surface area (Å²) in [6.07, 6.45) is 0. The number of nitrogens with zero attached hydrogens (tertiary/aromatic N) is 1. The number of thiocarbonyl (C=S) groups is 1. The third-order valence-corrected chi connectivity index (χ3v) is 4.56. The molecule has 0 saturated heterocycles. The SMILES string of the molecule is COC[C@@H](C)NC(=S)NNC(=O)c1csc(-c2ccc(OC)c(OC)c2)n1. The molecule has 146 valence electrons. The predicted octanol–water partition coefficient (Wildman–Crippen LogP) is 1.97. The molecule has 0 aliphatic heterocycles. The molecule has 1 aromatic heterocycles. The van der Waals surface area contributed by atoms with E-state index in [0.29, 0.717) is 28.2 Å². The van der Waals surface area contributed by atoms with Crippen LogP contribution in [0.2, 0.25) is 0 Å². The van der Waals surface area contributed by atoms with Gasteiger partial charge in [0.1, 0.15) is 10.7 Å². The Labute approximate surface area is 167 Å². The van der Waals surface area contributed by atoms with Crippen LogP contribution in [0.15, 0.2) is 23.6 Å². The van der Waals surface area contributed by atoms with E-state index in [1.807, 2.05) is 19.1 Å². The zero-order chi connectivity index (χ0) is 19.8. The van der Waals surface area contributed by atoms with Crippen LogP contribution >= 0.6 is 23.6 Å². The number of aromatic nitrogens is 1. The van der Waals surface area contributed by atoms with Crippen LogP contribution in [0.5, 0.6) is 11.5 Å². The van der Waals surface area contributed by atoms with Crippen LogP contribution in [0.25, 0.3) is 10.6 Å². The molecule has 0 unspecified atom stereocenters. The summed E-state index contributed by atoms with van der Waals surface area (Å²) in [4.78, 5) is 16.6. The number of hydrazine groups is 1. The highest BCUT2D eigenvalue weighted by atomic mass is 32.1. The van der Waals surface area contributed by atoms with Crippen LogP contribution in [0.1, 0.15) is 17.4 Å². The van der Waals surface area contributed by atoms with Crippen molar-refractivity contribution in [2.75, 3.05) is 27.9 Å². The van der Waals surface area contributed by atoms with Crippen molar-refractivity contribution >= 4 is 34.6 Å². The Kier molecular flexibility index (Phi) is 7.77. The van der Waals surface area contributed by atoms with Crippen molar-refractivity contribution in [1.82, 2.24) is 21.2 Å². The van der Waals surface area contributed by atoms with Crippen LogP contribution in [0, 0.1) is 0 Å². The smallest absolute Gasteiger partial charge is 0.289 e. The highest BCUT2D eigenvalue weighted by Crippen LogP contribution is 2.33. The van der Waals surface area contributed by atoms with Gasteiger partial charge < -0.3 is 19.5 Å². The summed E-state index contributed by atoms with van der Waals surface area (Å²) >= 11 is 6.46. The maximum absolute atomic E-state index is 12.2. The van der Waals surface area contributed by atoms with E-state index in [-0.39, 0.29) is 17.6 Å². The predicted molar refractivity (Wildman–Crippen MR) is 108 cm³/mol. The summed E-state index contributed by atoms with van der Waals surface area (Å²) in [7, 11) is 4.75. The van der Waals surface area contributed by atoms with E-state index in [4.69, 9.17) is 26.4 Å². The van der Waals surface area contributed by atoms with Gasteiger partial charge in [0.2, 0.25) is 0 Å². The fraction of sp³-hybridized carbons (Fsp3) is 0.353. The van der Waals surface area contributed by atoms with Crippen molar-refractivity contribution in [1.29, 1.82) is 0 Å². The lowest BCUT2D eigenvalue weighted by atomic mass is 10.2. The summed E-state index contributed by atoms with van der Waals surface area (Å²) < 4.78 is 15.5. The minimum atomic E-state index is -0.387. The zero-order valence-corrected chi connectivity index (χ0v) is 17.1. The van der Waals surface area contributed by atoms with Gasteiger partial charge in [-0.1, -0.05) is 0 Å². The summed E-state index contributed by atoms with van der Waals surface area (Å²) in [6, 6.07) is 5.48. The molecule has 2 rings (SSSR count). The van der Waals surface area contributed by atoms with E-state index in [0.717, 1.165) is 5.56 Å². The Morgan fingerprint density at radius 2 is 1.96 bits per heavy atom. The third kappa shape index (κ3) is 5.78. The number of rotatable bonds is 7. The Morgan fingerprint density at radius 1 is 1.22 bits per heavy atom. The number of hydrogen-bond acceptors (Lipinski definition) is 7.